The van der Waals surface area contributed by atoms with Crippen LogP contribution in [0.3, 0.4) is 0 Å². The van der Waals surface area contributed by atoms with Crippen LogP contribution in [-0.2, 0) is 10.2 Å². The van der Waals surface area contributed by atoms with Crippen LogP contribution in [0, 0.1) is 6.92 Å². The van der Waals surface area contributed by atoms with Crippen molar-refractivity contribution in [1.82, 2.24) is 10.2 Å². The molecule has 2 aromatic rings. The van der Waals surface area contributed by atoms with Crippen molar-refractivity contribution in [3.63, 3.8) is 0 Å². The van der Waals surface area contributed by atoms with Gasteiger partial charge in [-0.1, -0.05) is 20.8 Å². The van der Waals surface area contributed by atoms with Crippen molar-refractivity contribution < 1.29 is 19.4 Å². The van der Waals surface area contributed by atoms with Gasteiger partial charge in [-0.05, 0) is 36.8 Å². The highest BCUT2D eigenvalue weighted by atomic mass is 16.5. The van der Waals surface area contributed by atoms with Crippen LogP contribution in [0.1, 0.15) is 42.5 Å². The number of aryl methyl sites for hydroxylation is 1. The smallest absolute Gasteiger partial charge is 0.341 e. The fourth-order valence-electron chi connectivity index (χ4n) is 2.02. The molecule has 2 rings (SSSR count). The van der Waals surface area contributed by atoms with Gasteiger partial charge in [0.2, 0.25) is 0 Å². The lowest BCUT2D eigenvalue weighted by atomic mass is 9.92. The molecule has 1 aromatic carbocycles. The zero-order valence-corrected chi connectivity index (χ0v) is 14.1. The Morgan fingerprint density at radius 2 is 2.00 bits per heavy atom. The maximum absolute atomic E-state index is 12.3. The Morgan fingerprint density at radius 1 is 1.29 bits per heavy atom. The van der Waals surface area contributed by atoms with Crippen molar-refractivity contribution in [3.8, 4) is 5.75 Å². The molecule has 1 amide bonds. The van der Waals surface area contributed by atoms with Crippen molar-refractivity contribution in [1.29, 1.82) is 0 Å². The molecule has 0 bridgehead atoms. The Labute approximate surface area is 140 Å². The standard InChI is InChI=1S/C17H21N3O4/c1-10-7-11(24-9-15(21)22)5-6-12(10)18-16(23)13-8-14(20-19-13)17(2,3)4/h5-8H,9H2,1-4H3,(H,18,23)(H,19,20)(H,21,22). The van der Waals surface area contributed by atoms with Gasteiger partial charge in [-0.25, -0.2) is 4.79 Å². The number of aliphatic carboxylic acids is 1. The number of anilines is 1. The first-order chi connectivity index (χ1) is 11.2. The molecule has 1 aromatic heterocycles. The second-order valence-electron chi connectivity index (χ2n) is 6.53. The first kappa shape index (κ1) is 17.5. The number of ether oxygens (including phenoxy) is 1. The van der Waals surface area contributed by atoms with Gasteiger partial charge in [0.1, 0.15) is 5.75 Å². The monoisotopic (exact) mass is 331 g/mol. The van der Waals surface area contributed by atoms with Crippen molar-refractivity contribution in [3.05, 3.63) is 41.2 Å². The maximum atomic E-state index is 12.3. The van der Waals surface area contributed by atoms with Gasteiger partial charge < -0.3 is 15.2 Å². The molecule has 0 radical (unpaired) electrons. The summed E-state index contributed by atoms with van der Waals surface area (Å²) in [6.45, 7) is 7.48. The Kier molecular flexibility index (Phi) is 4.92. The Hall–Kier alpha value is -2.83. The summed E-state index contributed by atoms with van der Waals surface area (Å²) in [6.07, 6.45) is 0. The van der Waals surface area contributed by atoms with Crippen LogP contribution in [0.25, 0.3) is 0 Å². The molecule has 0 saturated heterocycles. The summed E-state index contributed by atoms with van der Waals surface area (Å²) in [5.41, 5.74) is 2.44. The van der Waals surface area contributed by atoms with Crippen molar-refractivity contribution in [2.24, 2.45) is 0 Å². The van der Waals surface area contributed by atoms with Crippen molar-refractivity contribution >= 4 is 17.6 Å². The van der Waals surface area contributed by atoms with Crippen molar-refractivity contribution in [2.45, 2.75) is 33.1 Å². The van der Waals surface area contributed by atoms with E-state index in [1.165, 1.54) is 0 Å². The molecule has 128 valence electrons. The molecule has 0 aliphatic carbocycles. The van der Waals surface area contributed by atoms with Gasteiger partial charge >= 0.3 is 5.97 Å². The zero-order chi connectivity index (χ0) is 17.9. The molecule has 0 spiro atoms. The van der Waals surface area contributed by atoms with Crippen LogP contribution in [0.5, 0.6) is 5.75 Å². The van der Waals surface area contributed by atoms with E-state index in [1.54, 1.807) is 31.2 Å². The zero-order valence-electron chi connectivity index (χ0n) is 14.1. The summed E-state index contributed by atoms with van der Waals surface area (Å²) >= 11 is 0. The second-order valence-corrected chi connectivity index (χ2v) is 6.53. The summed E-state index contributed by atoms with van der Waals surface area (Å²) in [5.74, 6) is -0.926. The number of nitrogens with one attached hydrogen (secondary N) is 2. The third kappa shape index (κ3) is 4.34. The highest BCUT2D eigenvalue weighted by Crippen LogP contribution is 2.23. The molecular weight excluding hydrogens is 310 g/mol. The van der Waals surface area contributed by atoms with Gasteiger partial charge in [0.15, 0.2) is 12.3 Å². The van der Waals surface area contributed by atoms with Gasteiger partial charge in [-0.15, -0.1) is 0 Å². The first-order valence-corrected chi connectivity index (χ1v) is 7.49. The van der Waals surface area contributed by atoms with E-state index in [-0.39, 0.29) is 11.3 Å². The largest absolute Gasteiger partial charge is 0.482 e. The highest BCUT2D eigenvalue weighted by Gasteiger charge is 2.19. The van der Waals surface area contributed by atoms with Crippen LogP contribution >= 0.6 is 0 Å². The Bertz CT molecular complexity index is 759. The molecule has 0 aliphatic heterocycles. The minimum absolute atomic E-state index is 0.120. The molecule has 0 atom stereocenters. The number of hydrogen-bond acceptors (Lipinski definition) is 4. The molecule has 3 N–H and O–H groups in total. The predicted molar refractivity (Wildman–Crippen MR) is 89.6 cm³/mol. The number of carbonyl (C=O) groups excluding carboxylic acids is 1. The van der Waals surface area contributed by atoms with Crippen LogP contribution in [0.15, 0.2) is 24.3 Å². The SMILES string of the molecule is Cc1cc(OCC(=O)O)ccc1NC(=O)c1cc(C(C)(C)C)[nH]n1. The first-order valence-electron chi connectivity index (χ1n) is 7.49. The van der Waals surface area contributed by atoms with E-state index in [0.717, 1.165) is 11.3 Å². The minimum atomic E-state index is -1.04. The topological polar surface area (TPSA) is 104 Å². The van der Waals surface area contributed by atoms with Gasteiger partial charge in [-0.2, -0.15) is 5.10 Å². The normalized spacial score (nSPS) is 11.2. The molecule has 7 heteroatoms. The van der Waals surface area contributed by atoms with Crippen LogP contribution < -0.4 is 10.1 Å². The fraction of sp³-hybridized carbons (Fsp3) is 0.353. The van der Waals surface area contributed by atoms with Crippen LogP contribution in [0.4, 0.5) is 5.69 Å². The number of rotatable bonds is 5. The second kappa shape index (κ2) is 6.74. The lowest BCUT2D eigenvalue weighted by Gasteiger charge is -2.14. The summed E-state index contributed by atoms with van der Waals surface area (Å²) in [7, 11) is 0. The average molecular weight is 331 g/mol. The van der Waals surface area contributed by atoms with E-state index in [0.29, 0.717) is 17.1 Å². The number of aromatic nitrogens is 2. The van der Waals surface area contributed by atoms with E-state index >= 15 is 0 Å². The quantitative estimate of drug-likeness (QED) is 0.781. The third-order valence-electron chi connectivity index (χ3n) is 3.43. The molecule has 0 aliphatic rings. The van der Waals surface area contributed by atoms with E-state index in [4.69, 9.17) is 9.84 Å². The minimum Gasteiger partial charge on any atom is -0.482 e. The number of carboxylic acids is 1. The fourth-order valence-corrected chi connectivity index (χ4v) is 2.02. The van der Waals surface area contributed by atoms with E-state index in [9.17, 15) is 9.59 Å². The number of benzene rings is 1. The van der Waals surface area contributed by atoms with E-state index in [2.05, 4.69) is 15.5 Å². The van der Waals surface area contributed by atoms with Gasteiger partial charge in [0.05, 0.1) is 0 Å². The number of aromatic amines is 1. The number of carboxylic acid groups (broad SMARTS) is 1. The summed E-state index contributed by atoms with van der Waals surface area (Å²) < 4.78 is 5.10. The predicted octanol–water partition coefficient (Wildman–Crippen LogP) is 2.73. The highest BCUT2D eigenvalue weighted by molar-refractivity contribution is 6.03. The molecule has 0 saturated carbocycles. The molecule has 7 nitrogen and oxygen atoms in total. The van der Waals surface area contributed by atoms with Gasteiger partial charge in [0, 0.05) is 16.8 Å². The number of H-pyrrole nitrogens is 1. The van der Waals surface area contributed by atoms with Gasteiger partial charge in [-0.3, -0.25) is 9.89 Å². The van der Waals surface area contributed by atoms with E-state index < -0.39 is 12.6 Å². The lowest BCUT2D eigenvalue weighted by Crippen LogP contribution is -2.14. The number of amides is 1. The molecule has 0 unspecified atom stereocenters. The molecule has 0 fully saturated rings. The van der Waals surface area contributed by atoms with Crippen LogP contribution in [0.2, 0.25) is 0 Å². The molecular formula is C17H21N3O4. The maximum Gasteiger partial charge on any atom is 0.341 e. The summed E-state index contributed by atoms with van der Waals surface area (Å²) in [6, 6.07) is 6.68. The average Bonchev–Trinajstić information content (AvgIpc) is 2.97. The summed E-state index contributed by atoms with van der Waals surface area (Å²) in [4.78, 5) is 22.8. The molecule has 24 heavy (non-hydrogen) atoms. The Morgan fingerprint density at radius 3 is 2.54 bits per heavy atom. The van der Waals surface area contributed by atoms with E-state index in [1.807, 2.05) is 20.8 Å². The number of hydrogen-bond donors (Lipinski definition) is 3. The molecule has 1 heterocycles. The van der Waals surface area contributed by atoms with Crippen LogP contribution in [-0.4, -0.2) is 33.8 Å². The lowest BCUT2D eigenvalue weighted by molar-refractivity contribution is -0.139. The third-order valence-corrected chi connectivity index (χ3v) is 3.43. The Balaban J connectivity index is 2.09. The van der Waals surface area contributed by atoms with Crippen molar-refractivity contribution in [2.75, 3.05) is 11.9 Å². The number of carbonyl (C=O) groups is 2. The summed E-state index contributed by atoms with van der Waals surface area (Å²) in [5, 5.41) is 18.3. The van der Waals surface area contributed by atoms with Gasteiger partial charge in [0.25, 0.3) is 5.91 Å². The number of nitrogens with zero attached hydrogens (tertiary/aromatic N) is 1.